The van der Waals surface area contributed by atoms with E-state index in [0.717, 1.165) is 19.3 Å². The average molecular weight is 211 g/mol. The Kier molecular flexibility index (Phi) is 2.87. The number of rotatable bonds is 2. The van der Waals surface area contributed by atoms with Crippen LogP contribution in [-0.2, 0) is 9.47 Å². The van der Waals surface area contributed by atoms with Gasteiger partial charge in [0.1, 0.15) is 0 Å². The summed E-state index contributed by atoms with van der Waals surface area (Å²) in [4.78, 5) is 2.76. The molecule has 0 aromatic carbocycles. The van der Waals surface area contributed by atoms with Crippen molar-refractivity contribution in [1.82, 2.24) is 0 Å². The van der Waals surface area contributed by atoms with E-state index in [-0.39, 0.29) is 23.9 Å². The first-order chi connectivity index (χ1) is 7.16. The van der Waals surface area contributed by atoms with Gasteiger partial charge < -0.3 is 9.47 Å². The van der Waals surface area contributed by atoms with Crippen LogP contribution >= 0.6 is 0 Å². The second kappa shape index (κ2) is 4.00. The zero-order valence-electron chi connectivity index (χ0n) is 9.22. The maximum absolute atomic E-state index is 8.26. The van der Waals surface area contributed by atoms with Gasteiger partial charge in [-0.05, 0) is 32.2 Å². The Morgan fingerprint density at radius 2 is 2.33 bits per heavy atom. The molecule has 2 saturated heterocycles. The van der Waals surface area contributed by atoms with Gasteiger partial charge in [0.05, 0.1) is 30.5 Å². The molecule has 0 aliphatic carbocycles. The number of ether oxygens (including phenoxy) is 2. The van der Waals surface area contributed by atoms with Gasteiger partial charge in [0, 0.05) is 11.3 Å². The van der Waals surface area contributed by atoms with Crippen molar-refractivity contribution in [2.24, 2.45) is 5.11 Å². The number of nitrogens with zero attached hydrogens (tertiary/aromatic N) is 3. The maximum Gasteiger partial charge on any atom is 0.0969 e. The van der Waals surface area contributed by atoms with E-state index < -0.39 is 0 Å². The first-order valence-electron chi connectivity index (χ1n) is 5.50. The Balaban J connectivity index is 1.98. The Hall–Kier alpha value is -0.770. The average Bonchev–Trinajstić information content (AvgIpc) is 2.70. The van der Waals surface area contributed by atoms with E-state index in [1.54, 1.807) is 0 Å². The van der Waals surface area contributed by atoms with Gasteiger partial charge in [-0.3, -0.25) is 0 Å². The molecular weight excluding hydrogens is 194 g/mol. The van der Waals surface area contributed by atoms with Crippen LogP contribution in [0.1, 0.15) is 33.1 Å². The molecule has 5 heteroatoms. The van der Waals surface area contributed by atoms with Crippen molar-refractivity contribution in [3.05, 3.63) is 10.4 Å². The lowest BCUT2D eigenvalue weighted by Gasteiger charge is -2.27. The fourth-order valence-corrected chi connectivity index (χ4v) is 2.73. The standard InChI is InChI=1S/C10H17N3O2/c1-7-5-10(8(2)14-7)4-3-9(15-10)6-12-13-11/h7-9H,3-6H2,1-2H3/t7-,8-,9-,10-/m1/s1. The highest BCUT2D eigenvalue weighted by Gasteiger charge is 2.50. The van der Waals surface area contributed by atoms with Crippen LogP contribution in [0.3, 0.4) is 0 Å². The molecule has 5 nitrogen and oxygen atoms in total. The first kappa shape index (κ1) is 10.7. The molecule has 2 fully saturated rings. The van der Waals surface area contributed by atoms with Gasteiger partial charge in [0.15, 0.2) is 0 Å². The monoisotopic (exact) mass is 211 g/mol. The molecule has 0 unspecified atom stereocenters. The molecule has 2 rings (SSSR count). The minimum Gasteiger partial charge on any atom is -0.372 e. The molecule has 0 aromatic rings. The molecule has 0 aromatic heterocycles. The summed E-state index contributed by atoms with van der Waals surface area (Å²) < 4.78 is 11.7. The third kappa shape index (κ3) is 1.95. The van der Waals surface area contributed by atoms with Crippen LogP contribution in [-0.4, -0.2) is 30.5 Å². The lowest BCUT2D eigenvalue weighted by atomic mass is 9.91. The second-order valence-corrected chi connectivity index (χ2v) is 4.55. The molecule has 15 heavy (non-hydrogen) atoms. The van der Waals surface area contributed by atoms with E-state index in [9.17, 15) is 0 Å². The minimum atomic E-state index is -0.116. The summed E-state index contributed by atoms with van der Waals surface area (Å²) in [6.45, 7) is 4.59. The summed E-state index contributed by atoms with van der Waals surface area (Å²) in [5.41, 5.74) is 8.14. The number of hydrogen-bond donors (Lipinski definition) is 0. The minimum absolute atomic E-state index is 0.0808. The van der Waals surface area contributed by atoms with Crippen molar-refractivity contribution in [3.8, 4) is 0 Å². The van der Waals surface area contributed by atoms with Crippen LogP contribution in [0, 0.1) is 0 Å². The van der Waals surface area contributed by atoms with Crippen LogP contribution in [0.4, 0.5) is 0 Å². The van der Waals surface area contributed by atoms with Gasteiger partial charge in [0.25, 0.3) is 0 Å². The molecule has 0 bridgehead atoms. The summed E-state index contributed by atoms with van der Waals surface area (Å²) in [6, 6.07) is 0. The van der Waals surface area contributed by atoms with Gasteiger partial charge in [-0.25, -0.2) is 0 Å². The molecular formula is C10H17N3O2. The van der Waals surface area contributed by atoms with Crippen LogP contribution in [0.2, 0.25) is 0 Å². The predicted octanol–water partition coefficient (Wildman–Crippen LogP) is 2.41. The van der Waals surface area contributed by atoms with E-state index >= 15 is 0 Å². The first-order valence-corrected chi connectivity index (χ1v) is 5.50. The second-order valence-electron chi connectivity index (χ2n) is 4.55. The zero-order chi connectivity index (χ0) is 10.9. The van der Waals surface area contributed by atoms with Crippen LogP contribution in [0.25, 0.3) is 10.4 Å². The lowest BCUT2D eigenvalue weighted by Crippen LogP contribution is -2.36. The van der Waals surface area contributed by atoms with Gasteiger partial charge in [-0.2, -0.15) is 0 Å². The van der Waals surface area contributed by atoms with Gasteiger partial charge in [-0.15, -0.1) is 0 Å². The summed E-state index contributed by atoms with van der Waals surface area (Å²) in [5.74, 6) is 0. The summed E-state index contributed by atoms with van der Waals surface area (Å²) >= 11 is 0. The Morgan fingerprint density at radius 1 is 1.53 bits per heavy atom. The molecule has 4 atom stereocenters. The van der Waals surface area contributed by atoms with Crippen molar-refractivity contribution in [3.63, 3.8) is 0 Å². The molecule has 2 aliphatic rings. The highest BCUT2D eigenvalue weighted by atomic mass is 16.6. The van der Waals surface area contributed by atoms with E-state index in [1.165, 1.54) is 0 Å². The molecule has 0 amide bonds. The maximum atomic E-state index is 8.26. The van der Waals surface area contributed by atoms with E-state index in [2.05, 4.69) is 23.9 Å². The van der Waals surface area contributed by atoms with Gasteiger partial charge in [-0.1, -0.05) is 5.11 Å². The van der Waals surface area contributed by atoms with E-state index in [0.29, 0.717) is 6.54 Å². The molecule has 2 aliphatic heterocycles. The van der Waals surface area contributed by atoms with Gasteiger partial charge in [0.2, 0.25) is 0 Å². The van der Waals surface area contributed by atoms with E-state index in [4.69, 9.17) is 15.0 Å². The van der Waals surface area contributed by atoms with Crippen LogP contribution in [0.5, 0.6) is 0 Å². The molecule has 84 valence electrons. The molecule has 0 radical (unpaired) electrons. The third-order valence-electron chi connectivity index (χ3n) is 3.45. The zero-order valence-corrected chi connectivity index (χ0v) is 9.22. The van der Waals surface area contributed by atoms with Crippen LogP contribution < -0.4 is 0 Å². The molecule has 2 heterocycles. The number of azide groups is 1. The normalized spacial score (nSPS) is 44.5. The van der Waals surface area contributed by atoms with Crippen LogP contribution in [0.15, 0.2) is 5.11 Å². The van der Waals surface area contributed by atoms with Crippen molar-refractivity contribution < 1.29 is 9.47 Å². The quantitative estimate of drug-likeness (QED) is 0.400. The summed E-state index contributed by atoms with van der Waals surface area (Å²) in [7, 11) is 0. The highest BCUT2D eigenvalue weighted by molar-refractivity contribution is 4.99. The van der Waals surface area contributed by atoms with Gasteiger partial charge >= 0.3 is 0 Å². The lowest BCUT2D eigenvalue weighted by molar-refractivity contribution is -0.0781. The number of hydrogen-bond acceptors (Lipinski definition) is 3. The predicted molar refractivity (Wildman–Crippen MR) is 55.5 cm³/mol. The Bertz CT molecular complexity index is 290. The van der Waals surface area contributed by atoms with Crippen molar-refractivity contribution in [2.45, 2.75) is 57.0 Å². The fraction of sp³-hybridized carbons (Fsp3) is 1.00. The highest BCUT2D eigenvalue weighted by Crippen LogP contribution is 2.43. The third-order valence-corrected chi connectivity index (χ3v) is 3.45. The smallest absolute Gasteiger partial charge is 0.0969 e. The summed E-state index contributed by atoms with van der Waals surface area (Å²) in [5, 5.41) is 3.57. The summed E-state index contributed by atoms with van der Waals surface area (Å²) in [6.07, 6.45) is 3.46. The topological polar surface area (TPSA) is 67.2 Å². The van der Waals surface area contributed by atoms with Crippen molar-refractivity contribution in [2.75, 3.05) is 6.54 Å². The molecule has 0 saturated carbocycles. The Labute approximate surface area is 89.4 Å². The van der Waals surface area contributed by atoms with Crippen molar-refractivity contribution >= 4 is 0 Å². The largest absolute Gasteiger partial charge is 0.372 e. The van der Waals surface area contributed by atoms with E-state index in [1.807, 2.05) is 0 Å². The Morgan fingerprint density at radius 3 is 2.93 bits per heavy atom. The van der Waals surface area contributed by atoms with Crippen molar-refractivity contribution in [1.29, 1.82) is 0 Å². The molecule has 1 spiro atoms. The SMILES string of the molecule is C[C@@H]1C[C@]2(CC[C@H](CN=[N+]=[N-])O2)[C@@H](C)O1. The molecule has 0 N–H and O–H groups in total. The fourth-order valence-electron chi connectivity index (χ4n) is 2.73.